The molecule has 94 heavy (non-hydrogen) atoms. The summed E-state index contributed by atoms with van der Waals surface area (Å²) in [4.78, 5) is 46.4. The molecule has 0 amide bonds. The van der Waals surface area contributed by atoms with Gasteiger partial charge < -0.3 is 66.4 Å². The number of benzene rings is 6. The van der Waals surface area contributed by atoms with E-state index in [1.165, 1.54) is 52.2 Å². The number of piperidine rings is 1. The van der Waals surface area contributed by atoms with E-state index in [4.69, 9.17) is 21.6 Å². The number of halogens is 1. The molecule has 3 saturated heterocycles. The van der Waals surface area contributed by atoms with Crippen LogP contribution in [0.15, 0.2) is 158 Å². The van der Waals surface area contributed by atoms with E-state index in [1.54, 1.807) is 6.20 Å². The summed E-state index contributed by atoms with van der Waals surface area (Å²) in [6, 6.07) is 48.1. The third-order valence-electron chi connectivity index (χ3n) is 18.0. The molecule has 0 spiro atoms. The molecule has 14 rings (SSSR count). The molecule has 0 aliphatic carbocycles. The molecule has 3 aliphatic rings. The van der Waals surface area contributed by atoms with Crippen LogP contribution in [-0.4, -0.2) is 129 Å². The number of hydrogen-bond acceptors (Lipinski definition) is 17. The van der Waals surface area contributed by atoms with E-state index in [0.29, 0.717) is 28.7 Å². The molecule has 20 heteroatoms. The van der Waals surface area contributed by atoms with Crippen molar-refractivity contribution in [1.29, 1.82) is 0 Å². The van der Waals surface area contributed by atoms with Crippen LogP contribution >= 0.6 is 11.6 Å². The second kappa shape index (κ2) is 29.3. The number of nitrogens with zero attached hydrogens (tertiary/aromatic N) is 11. The first-order valence-electron chi connectivity index (χ1n) is 32.6. The zero-order valence-electron chi connectivity index (χ0n) is 55.4. The van der Waals surface area contributed by atoms with Gasteiger partial charge in [-0.1, -0.05) is 73.1 Å². The van der Waals surface area contributed by atoms with Crippen LogP contribution < -0.4 is 46.6 Å². The number of aromatic nitrogens is 8. The number of fused-ring (bicyclic) bond motifs is 2. The quantitative estimate of drug-likeness (QED) is 0.0482. The van der Waals surface area contributed by atoms with Gasteiger partial charge in [0.05, 0.1) is 17.0 Å². The molecule has 3 fully saturated rings. The number of anilines is 15. The maximum atomic E-state index is 6.33. The van der Waals surface area contributed by atoms with E-state index in [0.717, 1.165) is 150 Å². The van der Waals surface area contributed by atoms with Crippen molar-refractivity contribution in [3.63, 3.8) is 0 Å². The third-order valence-corrected chi connectivity index (χ3v) is 18.3. The normalized spacial score (nSPS) is 14.6. The average molecular weight is 1280 g/mol. The Morgan fingerprint density at radius 2 is 0.734 bits per heavy atom. The maximum Gasteiger partial charge on any atom is 0.231 e. The zero-order valence-corrected chi connectivity index (χ0v) is 56.1. The van der Waals surface area contributed by atoms with Crippen LogP contribution in [0.5, 0.6) is 0 Å². The molecule has 19 nitrogen and oxygen atoms in total. The number of aryl methyl sites for hydroxylation is 6. The number of hydrogen-bond donors (Lipinski definition) is 8. The summed E-state index contributed by atoms with van der Waals surface area (Å²) in [5.74, 6) is 4.60. The smallest absolute Gasteiger partial charge is 0.231 e. The summed E-state index contributed by atoms with van der Waals surface area (Å²) in [6.45, 7) is 25.8. The van der Waals surface area contributed by atoms with Crippen molar-refractivity contribution in [3.8, 4) is 0 Å². The fourth-order valence-corrected chi connectivity index (χ4v) is 12.1. The standard InChI is InChI=1S/C26H30N6.C25H29N7.C23H27ClN6/c1-17-11-14-32(15-12-17)20-8-9-23(19(3)16-20)29-26-30-24-21(10-13-27-24)25(31-26)28-22-7-5-4-6-18(22)2;1-17-6-4-5-7-21(17)27-24-20-10-11-26-23(20)29-25(30-24)28-22-9-8-19(16-18(22)2)32-14-12-31(3)13-15-32;1-16-6-4-5-7-20(16)26-22-19(24)15-25-23(28-22)27-21-9-8-18(14-17(21)2)30-12-10-29(3)11-13-30/h4-10,13,16-17H,11-12,14-15H2,1-3H3,(H3,27,28,29,30,31);4-11,16H,12-15H2,1-3H3,(H3,26,27,28,29,30);4-9,14-15H,10-13H2,1-3H3,(H2,25,26,27,28). The molecular formula is C74H86ClN19. The van der Waals surface area contributed by atoms with Crippen LogP contribution in [0.3, 0.4) is 0 Å². The van der Waals surface area contributed by atoms with Gasteiger partial charge in [-0.05, 0) is 193 Å². The minimum Gasteiger partial charge on any atom is -0.372 e. The molecule has 0 radical (unpaired) electrons. The van der Waals surface area contributed by atoms with Gasteiger partial charge in [0.15, 0.2) is 5.82 Å². The van der Waals surface area contributed by atoms with Gasteiger partial charge in [0, 0.05) is 129 Å². The first-order valence-corrected chi connectivity index (χ1v) is 33.0. The molecule has 8 N–H and O–H groups in total. The van der Waals surface area contributed by atoms with Gasteiger partial charge >= 0.3 is 0 Å². The molecule has 0 atom stereocenters. The minimum atomic E-state index is 0.478. The van der Waals surface area contributed by atoms with Crippen LogP contribution in [-0.2, 0) is 0 Å². The van der Waals surface area contributed by atoms with Gasteiger partial charge in [-0.3, -0.25) is 0 Å². The van der Waals surface area contributed by atoms with E-state index in [2.05, 4.69) is 221 Å². The van der Waals surface area contributed by atoms with Crippen LogP contribution in [0.25, 0.3) is 22.1 Å². The highest BCUT2D eigenvalue weighted by molar-refractivity contribution is 6.33. The summed E-state index contributed by atoms with van der Waals surface area (Å²) in [7, 11) is 4.35. The van der Waals surface area contributed by atoms with Gasteiger partial charge in [-0.2, -0.15) is 24.9 Å². The van der Waals surface area contributed by atoms with E-state index in [-0.39, 0.29) is 0 Å². The number of piperazine rings is 2. The Balaban J connectivity index is 0.000000135. The molecular weight excluding hydrogens is 1190 g/mol. The summed E-state index contributed by atoms with van der Waals surface area (Å²) in [5, 5.41) is 22.8. The van der Waals surface area contributed by atoms with Gasteiger partial charge in [0.2, 0.25) is 17.8 Å². The van der Waals surface area contributed by atoms with Gasteiger partial charge in [0.25, 0.3) is 0 Å². The molecule has 8 heterocycles. The Morgan fingerprint density at radius 3 is 1.13 bits per heavy atom. The molecule has 5 aromatic heterocycles. The molecule has 3 aliphatic heterocycles. The molecule has 0 saturated carbocycles. The largest absolute Gasteiger partial charge is 0.372 e. The van der Waals surface area contributed by atoms with Crippen molar-refractivity contribution in [1.82, 2.24) is 49.7 Å². The topological polar surface area (TPSA) is 197 Å². The van der Waals surface area contributed by atoms with E-state index in [9.17, 15) is 0 Å². The first-order chi connectivity index (χ1) is 45.6. The summed E-state index contributed by atoms with van der Waals surface area (Å²) < 4.78 is 0. The highest BCUT2D eigenvalue weighted by atomic mass is 35.5. The Hall–Kier alpha value is -9.95. The minimum absolute atomic E-state index is 0.478. The summed E-state index contributed by atoms with van der Waals surface area (Å²) in [6.07, 6.45) is 7.93. The Labute approximate surface area is 556 Å². The van der Waals surface area contributed by atoms with E-state index in [1.807, 2.05) is 80.0 Å². The zero-order chi connectivity index (χ0) is 65.2. The van der Waals surface area contributed by atoms with Crippen molar-refractivity contribution in [3.05, 3.63) is 197 Å². The summed E-state index contributed by atoms with van der Waals surface area (Å²) >= 11 is 6.33. The molecule has 11 aromatic rings. The SMILES string of the molecule is Cc1cc(N2CCC(C)CC2)ccc1Nc1nc(Nc2ccccc2C)c2cc[nH]c2n1.Cc1cc(N2CCN(C)CC2)ccc1Nc1nc(Nc2ccccc2C)c2cc[nH]c2n1.Cc1cc(N2CCN(C)CC2)ccc1Nc1ncc(Cl)c(Nc2ccccc2C)n1. The van der Waals surface area contributed by atoms with Gasteiger partial charge in [-0.15, -0.1) is 0 Å². The fourth-order valence-electron chi connectivity index (χ4n) is 11.9. The number of nitrogens with one attached hydrogen (secondary N) is 8. The predicted molar refractivity (Wildman–Crippen MR) is 392 cm³/mol. The highest BCUT2D eigenvalue weighted by Gasteiger charge is 2.21. The Morgan fingerprint density at radius 1 is 0.383 bits per heavy atom. The predicted octanol–water partition coefficient (Wildman–Crippen LogP) is 16.1. The Kier molecular flexibility index (Phi) is 20.0. The lowest BCUT2D eigenvalue weighted by molar-refractivity contribution is 0.313. The van der Waals surface area contributed by atoms with Gasteiger partial charge in [0.1, 0.15) is 28.0 Å². The number of likely N-dealkylation sites (N-methyl/N-ethyl adjacent to an activating group) is 2. The maximum absolute atomic E-state index is 6.33. The molecule has 0 unspecified atom stereocenters. The lowest BCUT2D eigenvalue weighted by atomic mass is 9.98. The lowest BCUT2D eigenvalue weighted by Gasteiger charge is -2.34. The van der Waals surface area contributed by atoms with Crippen molar-refractivity contribution < 1.29 is 0 Å². The molecule has 484 valence electrons. The Bertz CT molecular complexity index is 4190. The third kappa shape index (κ3) is 15.7. The van der Waals surface area contributed by atoms with Crippen LogP contribution in [0.4, 0.5) is 86.5 Å². The van der Waals surface area contributed by atoms with E-state index >= 15 is 0 Å². The number of aromatic amines is 2. The van der Waals surface area contributed by atoms with Crippen molar-refractivity contribution in [2.45, 2.75) is 61.3 Å². The van der Waals surface area contributed by atoms with E-state index < -0.39 is 0 Å². The fraction of sp³-hybridized carbons (Fsp3) is 0.297. The van der Waals surface area contributed by atoms with Crippen LogP contribution in [0.1, 0.15) is 53.1 Å². The van der Waals surface area contributed by atoms with Crippen molar-refractivity contribution in [2.75, 3.05) is 126 Å². The second-order valence-electron chi connectivity index (χ2n) is 25.1. The second-order valence-corrected chi connectivity index (χ2v) is 25.5. The highest BCUT2D eigenvalue weighted by Crippen LogP contribution is 2.34. The summed E-state index contributed by atoms with van der Waals surface area (Å²) in [5.41, 5.74) is 18.4. The van der Waals surface area contributed by atoms with Crippen LogP contribution in [0.2, 0.25) is 5.02 Å². The number of rotatable bonds is 15. The van der Waals surface area contributed by atoms with Gasteiger partial charge in [-0.25, -0.2) is 4.98 Å². The van der Waals surface area contributed by atoms with Crippen LogP contribution in [0, 0.1) is 47.5 Å². The average Bonchev–Trinajstić information content (AvgIpc) is 1.59. The first kappa shape index (κ1) is 64.2. The number of H-pyrrole nitrogens is 2. The molecule has 0 bridgehead atoms. The van der Waals surface area contributed by atoms with Crippen molar-refractivity contribution >= 4 is 120 Å². The molecule has 6 aromatic carbocycles. The van der Waals surface area contributed by atoms with Crippen molar-refractivity contribution in [2.24, 2.45) is 5.92 Å². The number of para-hydroxylation sites is 3. The monoisotopic (exact) mass is 1280 g/mol. The lowest BCUT2D eigenvalue weighted by Crippen LogP contribution is -2.44.